The first-order valence-electron chi connectivity index (χ1n) is 33.2. The molecule has 4 N–H and O–H groups in total. The van der Waals surface area contributed by atoms with Gasteiger partial charge < -0.3 is 55.6 Å². The summed E-state index contributed by atoms with van der Waals surface area (Å²) in [4.78, 5) is 169. The van der Waals surface area contributed by atoms with Crippen LogP contribution in [0.4, 0.5) is 13.2 Å². The van der Waals surface area contributed by atoms with E-state index < -0.39 is 155 Å². The van der Waals surface area contributed by atoms with Gasteiger partial charge >= 0.3 is 6.18 Å². The third kappa shape index (κ3) is 22.3. The number of nitrogens with one attached hydrogen (secondary N) is 4. The molecule has 1 aromatic rings. The number of nitrogens with zero attached hydrogens (tertiary/aromatic N) is 7. The van der Waals surface area contributed by atoms with E-state index in [0.29, 0.717) is 24.8 Å². The van der Waals surface area contributed by atoms with Crippen molar-refractivity contribution in [2.24, 2.45) is 29.6 Å². The monoisotopic (exact) mass is 1330 g/mol. The first kappa shape index (κ1) is 78.9. The lowest BCUT2D eigenvalue weighted by atomic mass is 9.84. The average Bonchev–Trinajstić information content (AvgIpc) is 1.77. The van der Waals surface area contributed by atoms with Crippen molar-refractivity contribution in [1.29, 1.82) is 0 Å². The summed E-state index contributed by atoms with van der Waals surface area (Å²) < 4.78 is 41.5. The Morgan fingerprint density at radius 3 is 1.63 bits per heavy atom. The number of carbonyl (C=O) groups excluding carboxylic acids is 11. The van der Waals surface area contributed by atoms with Gasteiger partial charge in [0.25, 0.3) is 0 Å². The van der Waals surface area contributed by atoms with E-state index in [1.165, 1.54) is 75.0 Å². The van der Waals surface area contributed by atoms with Crippen molar-refractivity contribution in [3.63, 3.8) is 0 Å². The molecule has 3 aliphatic rings. The Morgan fingerprint density at radius 1 is 0.581 bits per heavy atom. The van der Waals surface area contributed by atoms with Gasteiger partial charge in [-0.15, -0.1) is 0 Å². The van der Waals surface area contributed by atoms with Crippen LogP contribution in [-0.4, -0.2) is 216 Å². The van der Waals surface area contributed by atoms with Crippen LogP contribution >= 0.6 is 11.6 Å². The SMILES string of the molecule is CC[C@H](C)[C@@H]1NC(=O)[C@H](CC(C)C)N(C)C(=O)C[C@@H](C)NC(=O)[C@H](CC(C)C)N(C)C(=O)C2(CCCC2)NC(=O)[C@H](CC(C)C)N(C)C(=O)[C@H](CCc2ccc(C(F)(F)F)c(Cl)c2)NC(=O)CN(C)C(=O)[C@H](CC2CCCCC2)N(C)C(=O)CN(C)C(=O)CN(C)C1=O. The first-order chi connectivity index (χ1) is 43.3. The molecule has 0 radical (unpaired) electrons. The smallest absolute Gasteiger partial charge is 0.351 e. The van der Waals surface area contributed by atoms with Gasteiger partial charge in [-0.2, -0.15) is 13.2 Å². The predicted molar refractivity (Wildman–Crippen MR) is 348 cm³/mol. The van der Waals surface area contributed by atoms with Crippen molar-refractivity contribution >= 4 is 76.6 Å². The van der Waals surface area contributed by atoms with Crippen LogP contribution in [-0.2, 0) is 65.3 Å². The van der Waals surface area contributed by atoms with Gasteiger partial charge in [0.2, 0.25) is 65.0 Å². The Labute approximate surface area is 554 Å². The summed E-state index contributed by atoms with van der Waals surface area (Å²) in [7, 11) is 9.94. The number of aryl methyl sites for hydroxylation is 1. The molecule has 524 valence electrons. The molecule has 22 nitrogen and oxygen atoms in total. The average molecular weight is 1340 g/mol. The Bertz CT molecular complexity index is 2790. The Balaban J connectivity index is 1.85. The van der Waals surface area contributed by atoms with E-state index in [1.807, 2.05) is 48.5 Å². The second kappa shape index (κ2) is 35.3. The lowest BCUT2D eigenvalue weighted by molar-refractivity contribution is -0.149. The summed E-state index contributed by atoms with van der Waals surface area (Å²) >= 11 is 6.13. The fourth-order valence-corrected chi connectivity index (χ4v) is 13.1. The summed E-state index contributed by atoms with van der Waals surface area (Å²) in [5, 5.41) is 11.0. The maximum absolute atomic E-state index is 15.2. The molecule has 93 heavy (non-hydrogen) atoms. The molecule has 1 aromatic carbocycles. The van der Waals surface area contributed by atoms with Gasteiger partial charge in [-0.25, -0.2) is 0 Å². The summed E-state index contributed by atoms with van der Waals surface area (Å²) in [5.41, 5.74) is -2.31. The van der Waals surface area contributed by atoms with Gasteiger partial charge in [0.05, 0.1) is 30.2 Å². The first-order valence-corrected chi connectivity index (χ1v) is 33.6. The maximum atomic E-state index is 15.2. The lowest BCUT2D eigenvalue weighted by Crippen LogP contribution is -2.64. The van der Waals surface area contributed by atoms with Gasteiger partial charge in [0.15, 0.2) is 0 Å². The number of likely N-dealkylation sites (N-methyl/N-ethyl adjacent to an activating group) is 7. The topological polar surface area (TPSA) is 259 Å². The second-order valence-electron chi connectivity index (χ2n) is 27.9. The van der Waals surface area contributed by atoms with Crippen molar-refractivity contribution in [1.82, 2.24) is 55.6 Å². The molecule has 2 saturated carbocycles. The number of rotatable bonds is 13. The largest absolute Gasteiger partial charge is 0.417 e. The highest BCUT2D eigenvalue weighted by atomic mass is 35.5. The second-order valence-corrected chi connectivity index (χ2v) is 28.3. The fourth-order valence-electron chi connectivity index (χ4n) is 12.8. The number of alkyl halides is 3. The third-order valence-electron chi connectivity index (χ3n) is 18.8. The minimum absolute atomic E-state index is 0.0253. The molecule has 8 atom stereocenters. The van der Waals surface area contributed by atoms with Crippen LogP contribution in [0, 0.1) is 29.6 Å². The van der Waals surface area contributed by atoms with Gasteiger partial charge in [0.1, 0.15) is 41.8 Å². The molecule has 0 aromatic heterocycles. The summed E-state index contributed by atoms with van der Waals surface area (Å²) in [6, 6.07) is -4.80. The Kier molecular flexibility index (Phi) is 29.9. The standard InChI is InChI=1S/C67H107ClF3N11O11/c1-17-43(8)58-64(92)78(12)38-56(85)76(10)39-57(86)80(14)53(36-45-23-19-18-20-24-45)63(91)77(11)37-54(83)73-49(28-26-46-25-27-47(48(68)35-46)67(69,70)71)62(90)81(15)52(33-42(6)7)61(89)75-66(29-21-22-30-66)65(93)82(16)51(32-41(4)5)59(87)72-44(9)34-55(84)79(13)50(31-40(2)3)60(88)74-58/h25,27,35,40-45,49-53,58H,17-24,26,28-34,36-39H2,1-16H3,(H,72,87)(H,73,83)(H,74,88)(H,75,89)/t43-,44+,49-,50-,51-,52-,53-,58-/m0/s1. The van der Waals surface area contributed by atoms with Crippen molar-refractivity contribution < 1.29 is 65.9 Å². The highest BCUT2D eigenvalue weighted by Crippen LogP contribution is 2.36. The zero-order valence-electron chi connectivity index (χ0n) is 57.9. The molecular formula is C67H107ClF3N11O11. The number of carbonyl (C=O) groups is 11. The van der Waals surface area contributed by atoms with Crippen LogP contribution in [0.5, 0.6) is 0 Å². The highest BCUT2D eigenvalue weighted by molar-refractivity contribution is 6.31. The van der Waals surface area contributed by atoms with Crippen LogP contribution in [0.3, 0.4) is 0 Å². The van der Waals surface area contributed by atoms with Crippen molar-refractivity contribution in [2.45, 2.75) is 225 Å². The minimum Gasteiger partial charge on any atom is -0.351 e. The van der Waals surface area contributed by atoms with Gasteiger partial charge in [-0.1, -0.05) is 124 Å². The maximum Gasteiger partial charge on any atom is 0.417 e. The number of amides is 11. The number of benzene rings is 1. The van der Waals surface area contributed by atoms with E-state index in [2.05, 4.69) is 21.3 Å². The molecule has 1 saturated heterocycles. The predicted octanol–water partition coefficient (Wildman–Crippen LogP) is 6.44. The molecule has 1 spiro atoms. The van der Waals surface area contributed by atoms with Gasteiger partial charge in [-0.05, 0) is 106 Å². The third-order valence-corrected chi connectivity index (χ3v) is 19.1. The normalized spacial score (nSPS) is 25.3. The highest BCUT2D eigenvalue weighted by Gasteiger charge is 2.49. The molecule has 11 amide bonds. The summed E-state index contributed by atoms with van der Waals surface area (Å²) in [5.74, 6) is -7.85. The molecule has 1 heterocycles. The molecule has 1 aliphatic heterocycles. The molecule has 4 rings (SSSR count). The van der Waals surface area contributed by atoms with Crippen LogP contribution < -0.4 is 21.3 Å². The van der Waals surface area contributed by atoms with E-state index >= 15 is 14.4 Å². The van der Waals surface area contributed by atoms with Gasteiger partial charge in [0, 0.05) is 61.8 Å². The molecular weight excluding hydrogens is 1230 g/mol. The van der Waals surface area contributed by atoms with Gasteiger partial charge in [-0.3, -0.25) is 52.7 Å². The van der Waals surface area contributed by atoms with Crippen LogP contribution in [0.25, 0.3) is 0 Å². The fraction of sp³-hybridized carbons (Fsp3) is 0.746. The lowest BCUT2D eigenvalue weighted by Gasteiger charge is -2.39. The van der Waals surface area contributed by atoms with E-state index in [1.54, 1.807) is 13.8 Å². The molecule has 3 fully saturated rings. The van der Waals surface area contributed by atoms with Crippen LogP contribution in [0.2, 0.25) is 5.02 Å². The quantitative estimate of drug-likeness (QED) is 0.167. The number of halogens is 4. The minimum atomic E-state index is -4.75. The van der Waals surface area contributed by atoms with Crippen molar-refractivity contribution in [2.75, 3.05) is 69.0 Å². The van der Waals surface area contributed by atoms with Crippen LogP contribution in [0.1, 0.15) is 176 Å². The summed E-state index contributed by atoms with van der Waals surface area (Å²) in [6.07, 6.45) is 1.62. The van der Waals surface area contributed by atoms with Crippen LogP contribution in [0.15, 0.2) is 18.2 Å². The number of hydrogen-bond donors (Lipinski definition) is 4. The zero-order chi connectivity index (χ0) is 70.1. The Morgan fingerprint density at radius 2 is 1.10 bits per heavy atom. The summed E-state index contributed by atoms with van der Waals surface area (Å²) in [6.45, 7) is 14.8. The molecule has 26 heteroatoms. The Hall–Kier alpha value is -6.53. The van der Waals surface area contributed by atoms with Crippen molar-refractivity contribution in [3.05, 3.63) is 34.3 Å². The molecule has 2 aliphatic carbocycles. The van der Waals surface area contributed by atoms with Crippen molar-refractivity contribution in [3.8, 4) is 0 Å². The van der Waals surface area contributed by atoms with E-state index in [0.717, 1.165) is 58.9 Å². The number of hydrogen-bond acceptors (Lipinski definition) is 11. The molecule has 0 unspecified atom stereocenters. The molecule has 0 bridgehead atoms. The van der Waals surface area contributed by atoms with E-state index in [4.69, 9.17) is 11.6 Å². The zero-order valence-corrected chi connectivity index (χ0v) is 58.7. The van der Waals surface area contributed by atoms with E-state index in [9.17, 15) is 51.5 Å². The van der Waals surface area contributed by atoms with E-state index in [-0.39, 0.29) is 81.5 Å².